The fraction of sp³-hybridized carbons (Fsp3) is 0.357. The predicted molar refractivity (Wildman–Crippen MR) is 79.0 cm³/mol. The van der Waals surface area contributed by atoms with E-state index in [9.17, 15) is 8.42 Å². The van der Waals surface area contributed by atoms with E-state index in [0.717, 1.165) is 11.1 Å². The van der Waals surface area contributed by atoms with E-state index < -0.39 is 16.1 Å². The van der Waals surface area contributed by atoms with Gasteiger partial charge < -0.3 is 10.2 Å². The van der Waals surface area contributed by atoms with Crippen LogP contribution in [-0.4, -0.2) is 13.4 Å². The fourth-order valence-corrected chi connectivity index (χ4v) is 3.21. The first-order valence-electron chi connectivity index (χ1n) is 6.57. The van der Waals surface area contributed by atoms with E-state index in [1.54, 1.807) is 38.2 Å². The Morgan fingerprint density at radius 1 is 1.38 bits per heavy atom. The SMILES string of the molecule is Cc1cnc(C(C)NS(=O)(=O)c2ccc(C)c(CN)c2)o1. The number of oxazole rings is 1. The summed E-state index contributed by atoms with van der Waals surface area (Å²) < 4.78 is 32.6. The van der Waals surface area contributed by atoms with Gasteiger partial charge in [-0.05, 0) is 44.0 Å². The number of nitrogens with two attached hydrogens (primary N) is 1. The summed E-state index contributed by atoms with van der Waals surface area (Å²) in [5, 5.41) is 0. The highest BCUT2D eigenvalue weighted by Gasteiger charge is 2.21. The third kappa shape index (κ3) is 3.49. The zero-order valence-electron chi connectivity index (χ0n) is 12.3. The van der Waals surface area contributed by atoms with E-state index in [0.29, 0.717) is 18.2 Å². The topological polar surface area (TPSA) is 98.2 Å². The number of aromatic nitrogens is 1. The summed E-state index contributed by atoms with van der Waals surface area (Å²) in [5.74, 6) is 0.971. The molecule has 21 heavy (non-hydrogen) atoms. The lowest BCUT2D eigenvalue weighted by Crippen LogP contribution is -2.27. The Labute approximate surface area is 124 Å². The zero-order chi connectivity index (χ0) is 15.6. The molecule has 3 N–H and O–H groups in total. The molecule has 1 aromatic carbocycles. The van der Waals surface area contributed by atoms with E-state index in [4.69, 9.17) is 10.2 Å². The summed E-state index contributed by atoms with van der Waals surface area (Å²) in [5.41, 5.74) is 7.39. The molecule has 1 heterocycles. The van der Waals surface area contributed by atoms with E-state index in [2.05, 4.69) is 9.71 Å². The monoisotopic (exact) mass is 309 g/mol. The Kier molecular flexibility index (Phi) is 4.46. The molecule has 0 saturated heterocycles. The molecule has 0 spiro atoms. The average molecular weight is 309 g/mol. The van der Waals surface area contributed by atoms with Crippen LogP contribution >= 0.6 is 0 Å². The number of hydrogen-bond acceptors (Lipinski definition) is 5. The molecular weight excluding hydrogens is 290 g/mol. The summed E-state index contributed by atoms with van der Waals surface area (Å²) in [6, 6.07) is 4.35. The molecule has 2 rings (SSSR count). The van der Waals surface area contributed by atoms with E-state index in [1.165, 1.54) is 0 Å². The van der Waals surface area contributed by atoms with Crippen LogP contribution in [0.25, 0.3) is 0 Å². The first-order valence-corrected chi connectivity index (χ1v) is 8.06. The number of nitrogens with one attached hydrogen (secondary N) is 1. The first-order chi connectivity index (χ1) is 9.83. The number of benzene rings is 1. The Morgan fingerprint density at radius 2 is 2.10 bits per heavy atom. The van der Waals surface area contributed by atoms with Crippen LogP contribution in [0.4, 0.5) is 0 Å². The van der Waals surface area contributed by atoms with Crippen molar-refractivity contribution in [3.05, 3.63) is 47.2 Å². The van der Waals surface area contributed by atoms with Gasteiger partial charge in [-0.1, -0.05) is 6.07 Å². The molecule has 0 saturated carbocycles. The summed E-state index contributed by atoms with van der Waals surface area (Å²) in [6.45, 7) is 5.62. The largest absolute Gasteiger partial charge is 0.444 e. The number of aryl methyl sites for hydroxylation is 2. The molecule has 0 aliphatic rings. The molecular formula is C14H19N3O3S. The number of hydrogen-bond donors (Lipinski definition) is 2. The normalized spacial score (nSPS) is 13.3. The van der Waals surface area contributed by atoms with Crippen molar-refractivity contribution < 1.29 is 12.8 Å². The number of rotatable bonds is 5. The van der Waals surface area contributed by atoms with Crippen molar-refractivity contribution in [2.75, 3.05) is 0 Å². The number of nitrogens with zero attached hydrogens (tertiary/aromatic N) is 1. The van der Waals surface area contributed by atoms with Crippen LogP contribution in [0, 0.1) is 13.8 Å². The van der Waals surface area contributed by atoms with Crippen molar-refractivity contribution >= 4 is 10.0 Å². The highest BCUT2D eigenvalue weighted by molar-refractivity contribution is 7.89. The van der Waals surface area contributed by atoms with Gasteiger partial charge in [-0.2, -0.15) is 4.72 Å². The highest BCUT2D eigenvalue weighted by atomic mass is 32.2. The molecule has 0 aliphatic heterocycles. The Balaban J connectivity index is 2.26. The lowest BCUT2D eigenvalue weighted by molar-refractivity contribution is 0.428. The molecule has 0 fully saturated rings. The Morgan fingerprint density at radius 3 is 2.67 bits per heavy atom. The maximum Gasteiger partial charge on any atom is 0.241 e. The third-order valence-corrected chi connectivity index (χ3v) is 4.73. The summed E-state index contributed by atoms with van der Waals surface area (Å²) in [7, 11) is -3.65. The molecule has 0 bridgehead atoms. The van der Waals surface area contributed by atoms with Gasteiger partial charge in [0.25, 0.3) is 0 Å². The van der Waals surface area contributed by atoms with Crippen molar-refractivity contribution in [1.82, 2.24) is 9.71 Å². The van der Waals surface area contributed by atoms with Gasteiger partial charge in [0.15, 0.2) is 0 Å². The smallest absolute Gasteiger partial charge is 0.241 e. The summed E-state index contributed by atoms with van der Waals surface area (Å²) in [6.07, 6.45) is 1.55. The first kappa shape index (κ1) is 15.7. The van der Waals surface area contributed by atoms with Gasteiger partial charge in [0.05, 0.1) is 17.1 Å². The quantitative estimate of drug-likeness (QED) is 0.877. The minimum Gasteiger partial charge on any atom is -0.444 e. The molecule has 1 aromatic heterocycles. The van der Waals surface area contributed by atoms with Gasteiger partial charge >= 0.3 is 0 Å². The van der Waals surface area contributed by atoms with Crippen LogP contribution in [-0.2, 0) is 16.6 Å². The second kappa shape index (κ2) is 5.97. The highest BCUT2D eigenvalue weighted by Crippen LogP contribution is 2.19. The molecule has 7 heteroatoms. The lowest BCUT2D eigenvalue weighted by Gasteiger charge is -2.13. The van der Waals surface area contributed by atoms with Crippen molar-refractivity contribution in [3.8, 4) is 0 Å². The van der Waals surface area contributed by atoms with Crippen LogP contribution in [0.1, 0.15) is 35.7 Å². The molecule has 114 valence electrons. The minimum absolute atomic E-state index is 0.184. The van der Waals surface area contributed by atoms with Crippen LogP contribution in [0.3, 0.4) is 0 Å². The maximum atomic E-state index is 12.4. The third-order valence-electron chi connectivity index (χ3n) is 3.19. The molecule has 0 radical (unpaired) electrons. The van der Waals surface area contributed by atoms with E-state index in [1.807, 2.05) is 6.92 Å². The molecule has 0 aliphatic carbocycles. The standard InChI is InChI=1S/C14H19N3O3S/c1-9-4-5-13(6-12(9)7-15)21(18,19)17-11(3)14-16-8-10(2)20-14/h4-6,8,11,17H,7,15H2,1-3H3. The van der Waals surface area contributed by atoms with Gasteiger partial charge in [0, 0.05) is 6.54 Å². The van der Waals surface area contributed by atoms with Gasteiger partial charge in [-0.3, -0.25) is 0 Å². The van der Waals surface area contributed by atoms with Crippen molar-refractivity contribution in [1.29, 1.82) is 0 Å². The van der Waals surface area contributed by atoms with E-state index in [-0.39, 0.29) is 4.90 Å². The second-order valence-electron chi connectivity index (χ2n) is 4.94. The Hall–Kier alpha value is -1.70. The lowest BCUT2D eigenvalue weighted by atomic mass is 10.1. The van der Waals surface area contributed by atoms with E-state index >= 15 is 0 Å². The molecule has 0 amide bonds. The number of sulfonamides is 1. The Bertz CT molecular complexity index is 738. The molecule has 1 unspecified atom stereocenters. The molecule has 6 nitrogen and oxygen atoms in total. The fourth-order valence-electron chi connectivity index (χ4n) is 1.96. The van der Waals surface area contributed by atoms with Gasteiger partial charge in [-0.25, -0.2) is 13.4 Å². The van der Waals surface area contributed by atoms with Gasteiger partial charge in [0.2, 0.25) is 15.9 Å². The molecule has 2 aromatic rings. The zero-order valence-corrected chi connectivity index (χ0v) is 13.1. The van der Waals surface area contributed by atoms with Gasteiger partial charge in [0.1, 0.15) is 5.76 Å². The van der Waals surface area contributed by atoms with Crippen molar-refractivity contribution in [3.63, 3.8) is 0 Å². The predicted octanol–water partition coefficient (Wildman–Crippen LogP) is 1.79. The van der Waals surface area contributed by atoms with Crippen LogP contribution < -0.4 is 10.5 Å². The van der Waals surface area contributed by atoms with Crippen LogP contribution in [0.15, 0.2) is 33.7 Å². The van der Waals surface area contributed by atoms with Gasteiger partial charge in [-0.15, -0.1) is 0 Å². The summed E-state index contributed by atoms with van der Waals surface area (Å²) in [4.78, 5) is 4.21. The van der Waals surface area contributed by atoms with Crippen LogP contribution in [0.5, 0.6) is 0 Å². The van der Waals surface area contributed by atoms with Crippen molar-refractivity contribution in [2.24, 2.45) is 5.73 Å². The minimum atomic E-state index is -3.65. The van der Waals surface area contributed by atoms with Crippen LogP contribution in [0.2, 0.25) is 0 Å². The summed E-state index contributed by atoms with van der Waals surface area (Å²) >= 11 is 0. The average Bonchev–Trinajstić information content (AvgIpc) is 2.85. The molecule has 1 atom stereocenters. The van der Waals surface area contributed by atoms with Crippen molar-refractivity contribution in [2.45, 2.75) is 38.3 Å². The maximum absolute atomic E-state index is 12.4. The second-order valence-corrected chi connectivity index (χ2v) is 6.66.